The molecule has 0 unspecified atom stereocenters. The highest BCUT2D eigenvalue weighted by molar-refractivity contribution is 14.1. The molecule has 84 valence electrons. The van der Waals surface area contributed by atoms with Crippen LogP contribution in [0.4, 0.5) is 4.39 Å². The standard InChI is InChI=1S/C10H8ClFIN3/c11-4-3-8-6-16(15-14-8)10-2-1-7(12)5-9(10)13/h1-2,5-6H,3-4H2. The number of rotatable bonds is 3. The third-order valence-electron chi connectivity index (χ3n) is 2.05. The second-order valence-electron chi connectivity index (χ2n) is 3.19. The lowest BCUT2D eigenvalue weighted by Gasteiger charge is -2.02. The third kappa shape index (κ3) is 2.52. The van der Waals surface area contributed by atoms with Crippen LogP contribution in [0.5, 0.6) is 0 Å². The van der Waals surface area contributed by atoms with Gasteiger partial charge in [-0.2, -0.15) is 0 Å². The molecule has 0 aliphatic rings. The van der Waals surface area contributed by atoms with Gasteiger partial charge in [0.25, 0.3) is 0 Å². The number of alkyl halides is 1. The first-order chi connectivity index (χ1) is 7.70. The van der Waals surface area contributed by atoms with E-state index in [1.165, 1.54) is 12.1 Å². The van der Waals surface area contributed by atoms with Crippen molar-refractivity contribution in [1.29, 1.82) is 0 Å². The van der Waals surface area contributed by atoms with Crippen LogP contribution in [0.2, 0.25) is 0 Å². The van der Waals surface area contributed by atoms with E-state index in [4.69, 9.17) is 11.6 Å². The van der Waals surface area contributed by atoms with Gasteiger partial charge < -0.3 is 0 Å². The van der Waals surface area contributed by atoms with Gasteiger partial charge in [0.05, 0.1) is 17.6 Å². The summed E-state index contributed by atoms with van der Waals surface area (Å²) < 4.78 is 15.3. The fourth-order valence-electron chi connectivity index (χ4n) is 1.29. The Morgan fingerprint density at radius 1 is 1.44 bits per heavy atom. The quantitative estimate of drug-likeness (QED) is 0.629. The summed E-state index contributed by atoms with van der Waals surface area (Å²) in [4.78, 5) is 0. The lowest BCUT2D eigenvalue weighted by molar-refractivity contribution is 0.625. The molecule has 3 nitrogen and oxygen atoms in total. The van der Waals surface area contributed by atoms with E-state index in [1.54, 1.807) is 16.9 Å². The third-order valence-corrected chi connectivity index (χ3v) is 3.10. The summed E-state index contributed by atoms with van der Waals surface area (Å²) in [6.07, 6.45) is 2.48. The normalized spacial score (nSPS) is 10.7. The molecule has 0 saturated heterocycles. The van der Waals surface area contributed by atoms with E-state index < -0.39 is 0 Å². The van der Waals surface area contributed by atoms with E-state index in [0.717, 1.165) is 15.0 Å². The predicted octanol–water partition coefficient (Wildman–Crippen LogP) is 2.79. The molecule has 0 spiro atoms. The van der Waals surface area contributed by atoms with Gasteiger partial charge in [-0.1, -0.05) is 5.21 Å². The highest BCUT2D eigenvalue weighted by atomic mass is 127. The van der Waals surface area contributed by atoms with E-state index in [0.29, 0.717) is 12.3 Å². The zero-order valence-corrected chi connectivity index (χ0v) is 11.1. The largest absolute Gasteiger partial charge is 0.219 e. The van der Waals surface area contributed by atoms with Crippen LogP contribution in [0.1, 0.15) is 5.69 Å². The van der Waals surface area contributed by atoms with Gasteiger partial charge in [0.1, 0.15) is 5.82 Å². The van der Waals surface area contributed by atoms with Crippen LogP contribution in [-0.2, 0) is 6.42 Å². The Hall–Kier alpha value is -0.690. The van der Waals surface area contributed by atoms with Crippen LogP contribution in [0.3, 0.4) is 0 Å². The zero-order valence-electron chi connectivity index (χ0n) is 8.20. The maximum Gasteiger partial charge on any atom is 0.124 e. The minimum absolute atomic E-state index is 0.255. The molecule has 0 bridgehead atoms. The van der Waals surface area contributed by atoms with Gasteiger partial charge in [0.15, 0.2) is 0 Å². The van der Waals surface area contributed by atoms with Crippen LogP contribution in [0.25, 0.3) is 5.69 Å². The number of aromatic nitrogens is 3. The van der Waals surface area contributed by atoms with Crippen LogP contribution < -0.4 is 0 Å². The van der Waals surface area contributed by atoms with Crippen molar-refractivity contribution in [2.45, 2.75) is 6.42 Å². The van der Waals surface area contributed by atoms with E-state index >= 15 is 0 Å². The molecule has 16 heavy (non-hydrogen) atoms. The van der Waals surface area contributed by atoms with E-state index in [2.05, 4.69) is 32.9 Å². The first-order valence-corrected chi connectivity index (χ1v) is 6.24. The highest BCUT2D eigenvalue weighted by Crippen LogP contribution is 2.17. The number of halogens is 3. The van der Waals surface area contributed by atoms with Gasteiger partial charge in [-0.3, -0.25) is 0 Å². The Balaban J connectivity index is 2.35. The molecular weight excluding hydrogens is 343 g/mol. The molecule has 0 saturated carbocycles. The van der Waals surface area contributed by atoms with Crippen LogP contribution in [0.15, 0.2) is 24.4 Å². The van der Waals surface area contributed by atoms with E-state index in [-0.39, 0.29) is 5.82 Å². The van der Waals surface area contributed by atoms with Gasteiger partial charge >= 0.3 is 0 Å². The predicted molar refractivity (Wildman–Crippen MR) is 68.5 cm³/mol. The number of hydrogen-bond acceptors (Lipinski definition) is 2. The SMILES string of the molecule is Fc1ccc(-n2cc(CCCl)nn2)c(I)c1. The molecule has 6 heteroatoms. The average molecular weight is 352 g/mol. The lowest BCUT2D eigenvalue weighted by atomic mass is 10.3. The summed E-state index contributed by atoms with van der Waals surface area (Å²) in [6, 6.07) is 4.54. The molecule has 0 aliphatic heterocycles. The number of nitrogens with zero attached hydrogens (tertiary/aromatic N) is 3. The second-order valence-corrected chi connectivity index (χ2v) is 4.73. The Morgan fingerprint density at radius 2 is 2.25 bits per heavy atom. The summed E-state index contributed by atoms with van der Waals surface area (Å²) in [5.74, 6) is 0.258. The van der Waals surface area contributed by atoms with Gasteiger partial charge in [-0.25, -0.2) is 9.07 Å². The summed E-state index contributed by atoms with van der Waals surface area (Å²) in [7, 11) is 0. The zero-order chi connectivity index (χ0) is 11.5. The topological polar surface area (TPSA) is 30.7 Å². The minimum Gasteiger partial charge on any atom is -0.219 e. The second kappa shape index (κ2) is 5.09. The van der Waals surface area contributed by atoms with Gasteiger partial charge in [0.2, 0.25) is 0 Å². The first kappa shape index (κ1) is 11.8. The van der Waals surface area contributed by atoms with Crippen molar-refractivity contribution in [3.8, 4) is 5.69 Å². The molecule has 0 fully saturated rings. The molecule has 1 aromatic heterocycles. The Kier molecular flexibility index (Phi) is 3.75. The molecular formula is C10H8ClFIN3. The van der Waals surface area contributed by atoms with Gasteiger partial charge in [-0.15, -0.1) is 16.7 Å². The molecule has 0 radical (unpaired) electrons. The van der Waals surface area contributed by atoms with Crippen molar-refractivity contribution in [2.75, 3.05) is 5.88 Å². The Labute approximate surface area is 111 Å². The van der Waals surface area contributed by atoms with Crippen molar-refractivity contribution >= 4 is 34.2 Å². The molecule has 1 heterocycles. The first-order valence-electron chi connectivity index (χ1n) is 4.63. The smallest absolute Gasteiger partial charge is 0.124 e. The number of hydrogen-bond donors (Lipinski definition) is 0. The van der Waals surface area contributed by atoms with Crippen molar-refractivity contribution in [1.82, 2.24) is 15.0 Å². The average Bonchev–Trinajstić information content (AvgIpc) is 2.67. The maximum absolute atomic E-state index is 12.9. The van der Waals surface area contributed by atoms with Crippen molar-refractivity contribution in [2.24, 2.45) is 0 Å². The molecule has 2 rings (SSSR count). The van der Waals surface area contributed by atoms with Gasteiger partial charge in [-0.05, 0) is 40.8 Å². The van der Waals surface area contributed by atoms with Crippen molar-refractivity contribution in [3.05, 3.63) is 39.5 Å². The van der Waals surface area contributed by atoms with Crippen molar-refractivity contribution in [3.63, 3.8) is 0 Å². The molecule has 0 atom stereocenters. The maximum atomic E-state index is 12.9. The van der Waals surface area contributed by atoms with Crippen LogP contribution in [-0.4, -0.2) is 20.9 Å². The van der Waals surface area contributed by atoms with E-state index in [1.807, 2.05) is 0 Å². The molecule has 2 aromatic rings. The number of aryl methyl sites for hydroxylation is 1. The number of benzene rings is 1. The summed E-state index contributed by atoms with van der Waals surface area (Å²) in [5, 5.41) is 7.95. The fraction of sp³-hybridized carbons (Fsp3) is 0.200. The Bertz CT molecular complexity index is 501. The fourth-order valence-corrected chi connectivity index (χ4v) is 2.21. The summed E-state index contributed by atoms with van der Waals surface area (Å²) in [6.45, 7) is 0. The van der Waals surface area contributed by atoms with E-state index in [9.17, 15) is 4.39 Å². The minimum atomic E-state index is -0.255. The summed E-state index contributed by atoms with van der Waals surface area (Å²) in [5.41, 5.74) is 1.64. The lowest BCUT2D eigenvalue weighted by Crippen LogP contribution is -1.98. The Morgan fingerprint density at radius 3 is 2.94 bits per heavy atom. The highest BCUT2D eigenvalue weighted by Gasteiger charge is 2.06. The monoisotopic (exact) mass is 351 g/mol. The molecule has 1 aromatic carbocycles. The van der Waals surface area contributed by atoms with Crippen LogP contribution in [0, 0.1) is 9.39 Å². The van der Waals surface area contributed by atoms with Crippen LogP contribution >= 0.6 is 34.2 Å². The molecule has 0 N–H and O–H groups in total. The van der Waals surface area contributed by atoms with Gasteiger partial charge in [0, 0.05) is 15.9 Å². The molecule has 0 aliphatic carbocycles. The van der Waals surface area contributed by atoms with Crippen molar-refractivity contribution < 1.29 is 4.39 Å². The molecule has 0 amide bonds. The summed E-state index contributed by atoms with van der Waals surface area (Å²) >= 11 is 7.68.